The highest BCUT2D eigenvalue weighted by molar-refractivity contribution is 7.09. The Morgan fingerprint density at radius 3 is 2.50 bits per heavy atom. The molecule has 0 fully saturated rings. The second-order valence-corrected chi connectivity index (χ2v) is 6.51. The first kappa shape index (κ1) is 16.2. The van der Waals surface area contributed by atoms with Crippen molar-refractivity contribution < 1.29 is 4.79 Å². The van der Waals surface area contributed by atoms with Crippen molar-refractivity contribution in [3.63, 3.8) is 0 Å². The van der Waals surface area contributed by atoms with Gasteiger partial charge in [0.15, 0.2) is 0 Å². The van der Waals surface area contributed by atoms with Crippen LogP contribution in [0.25, 0.3) is 11.3 Å². The number of hydrogen-bond acceptors (Lipinski definition) is 3. The van der Waals surface area contributed by atoms with Gasteiger partial charge in [-0.2, -0.15) is 0 Å². The average Bonchev–Trinajstić information content (AvgIpc) is 3.03. The minimum Gasteiger partial charge on any atom is -0.338 e. The molecule has 3 rings (SSSR count). The van der Waals surface area contributed by atoms with Gasteiger partial charge < -0.3 is 10.6 Å². The van der Waals surface area contributed by atoms with Crippen molar-refractivity contribution in [1.82, 2.24) is 10.3 Å². The zero-order valence-electron chi connectivity index (χ0n) is 13.5. The lowest BCUT2D eigenvalue weighted by Crippen LogP contribution is -2.30. The molecule has 0 saturated carbocycles. The number of carbonyl (C=O) groups is 1. The van der Waals surface area contributed by atoms with Gasteiger partial charge in [-0.05, 0) is 31.0 Å². The smallest absolute Gasteiger partial charge is 0.319 e. The fraction of sp³-hybridized carbons (Fsp3) is 0.158. The van der Waals surface area contributed by atoms with E-state index in [1.54, 1.807) is 11.3 Å². The van der Waals surface area contributed by atoms with Gasteiger partial charge in [-0.1, -0.05) is 42.5 Å². The van der Waals surface area contributed by atoms with E-state index in [9.17, 15) is 4.79 Å². The molecule has 0 aliphatic carbocycles. The number of rotatable bonds is 5. The number of amides is 2. The highest BCUT2D eigenvalue weighted by atomic mass is 32.1. The Labute approximate surface area is 145 Å². The quantitative estimate of drug-likeness (QED) is 0.721. The molecule has 2 amide bonds. The molecule has 0 aliphatic heterocycles. The van der Waals surface area contributed by atoms with Crippen molar-refractivity contribution in [2.24, 2.45) is 0 Å². The SMILES string of the molecule is Cc1nc(-c2ccc(CCNC(=O)Nc3ccccc3)cc2)cs1. The van der Waals surface area contributed by atoms with Crippen LogP contribution in [-0.2, 0) is 6.42 Å². The molecule has 0 aliphatic rings. The van der Waals surface area contributed by atoms with Crippen molar-refractivity contribution in [2.45, 2.75) is 13.3 Å². The van der Waals surface area contributed by atoms with Gasteiger partial charge >= 0.3 is 6.03 Å². The van der Waals surface area contributed by atoms with Crippen molar-refractivity contribution in [3.8, 4) is 11.3 Å². The second-order valence-electron chi connectivity index (χ2n) is 5.45. The molecule has 24 heavy (non-hydrogen) atoms. The summed E-state index contributed by atoms with van der Waals surface area (Å²) in [6.07, 6.45) is 0.790. The van der Waals surface area contributed by atoms with Gasteiger partial charge in [0, 0.05) is 23.2 Å². The van der Waals surface area contributed by atoms with E-state index in [-0.39, 0.29) is 6.03 Å². The highest BCUT2D eigenvalue weighted by Gasteiger charge is 2.03. The van der Waals surface area contributed by atoms with Gasteiger partial charge in [-0.15, -0.1) is 11.3 Å². The maximum absolute atomic E-state index is 11.8. The van der Waals surface area contributed by atoms with E-state index in [1.165, 1.54) is 5.56 Å². The topological polar surface area (TPSA) is 54.0 Å². The molecule has 3 aromatic rings. The first-order valence-electron chi connectivity index (χ1n) is 7.82. The molecule has 1 aromatic heterocycles. The lowest BCUT2D eigenvalue weighted by atomic mass is 10.1. The van der Waals surface area contributed by atoms with E-state index in [4.69, 9.17) is 0 Å². The monoisotopic (exact) mass is 337 g/mol. The third-order valence-electron chi connectivity index (χ3n) is 3.60. The third-order valence-corrected chi connectivity index (χ3v) is 4.37. The number of nitrogens with zero attached hydrogens (tertiary/aromatic N) is 1. The van der Waals surface area contributed by atoms with Crippen LogP contribution in [0.15, 0.2) is 60.0 Å². The Morgan fingerprint density at radius 2 is 1.83 bits per heavy atom. The van der Waals surface area contributed by atoms with Crippen molar-refractivity contribution in [1.29, 1.82) is 0 Å². The zero-order valence-corrected chi connectivity index (χ0v) is 14.3. The predicted octanol–water partition coefficient (Wildman–Crippen LogP) is 4.48. The largest absolute Gasteiger partial charge is 0.338 e. The van der Waals surface area contributed by atoms with Crippen LogP contribution in [-0.4, -0.2) is 17.6 Å². The van der Waals surface area contributed by atoms with Crippen molar-refractivity contribution in [3.05, 3.63) is 70.5 Å². The van der Waals surface area contributed by atoms with Crippen LogP contribution >= 0.6 is 11.3 Å². The number of aryl methyl sites for hydroxylation is 1. The maximum atomic E-state index is 11.8. The summed E-state index contributed by atoms with van der Waals surface area (Å²) in [5, 5.41) is 8.81. The van der Waals surface area contributed by atoms with Crippen molar-refractivity contribution >= 4 is 23.1 Å². The third kappa shape index (κ3) is 4.43. The van der Waals surface area contributed by atoms with Crippen LogP contribution in [0.2, 0.25) is 0 Å². The van der Waals surface area contributed by atoms with Gasteiger partial charge in [-0.25, -0.2) is 9.78 Å². The number of benzene rings is 2. The molecule has 1 heterocycles. The maximum Gasteiger partial charge on any atom is 0.319 e. The number of nitrogens with one attached hydrogen (secondary N) is 2. The molecule has 0 spiro atoms. The summed E-state index contributed by atoms with van der Waals surface area (Å²) in [5.74, 6) is 0. The Bertz CT molecular complexity index is 797. The minimum absolute atomic E-state index is 0.184. The molecule has 0 radical (unpaired) electrons. The molecule has 122 valence electrons. The minimum atomic E-state index is -0.184. The number of carbonyl (C=O) groups excluding carboxylic acids is 1. The van der Waals surface area contributed by atoms with E-state index in [2.05, 4.69) is 45.3 Å². The first-order chi connectivity index (χ1) is 11.7. The van der Waals surface area contributed by atoms with E-state index < -0.39 is 0 Å². The number of hydrogen-bond donors (Lipinski definition) is 2. The van der Waals surface area contributed by atoms with E-state index in [1.807, 2.05) is 37.3 Å². The van der Waals surface area contributed by atoms with E-state index in [0.717, 1.165) is 28.4 Å². The molecule has 0 atom stereocenters. The first-order valence-corrected chi connectivity index (χ1v) is 8.70. The fourth-order valence-corrected chi connectivity index (χ4v) is 2.98. The molecule has 2 N–H and O–H groups in total. The van der Waals surface area contributed by atoms with E-state index >= 15 is 0 Å². The number of anilines is 1. The number of para-hydroxylation sites is 1. The summed E-state index contributed by atoms with van der Waals surface area (Å²) in [6.45, 7) is 2.60. The van der Waals surface area contributed by atoms with Crippen LogP contribution in [0, 0.1) is 6.92 Å². The lowest BCUT2D eigenvalue weighted by molar-refractivity contribution is 0.252. The summed E-state index contributed by atoms with van der Waals surface area (Å²) in [5.41, 5.74) is 4.12. The Kier molecular flexibility index (Phi) is 5.23. The van der Waals surface area contributed by atoms with Crippen LogP contribution in [0.1, 0.15) is 10.6 Å². The number of thiazole rings is 1. The summed E-state index contributed by atoms with van der Waals surface area (Å²) in [6, 6.07) is 17.6. The summed E-state index contributed by atoms with van der Waals surface area (Å²) in [7, 11) is 0. The van der Waals surface area contributed by atoms with Crippen LogP contribution in [0.3, 0.4) is 0 Å². The molecule has 2 aromatic carbocycles. The van der Waals surface area contributed by atoms with Crippen LogP contribution in [0.5, 0.6) is 0 Å². The zero-order chi connectivity index (χ0) is 16.8. The Balaban J connectivity index is 1.47. The highest BCUT2D eigenvalue weighted by Crippen LogP contribution is 2.21. The average molecular weight is 337 g/mol. The van der Waals surface area contributed by atoms with Crippen LogP contribution in [0.4, 0.5) is 10.5 Å². The van der Waals surface area contributed by atoms with Gasteiger partial charge in [-0.3, -0.25) is 0 Å². The second kappa shape index (κ2) is 7.75. The van der Waals surface area contributed by atoms with Gasteiger partial charge in [0.05, 0.1) is 10.7 Å². The summed E-state index contributed by atoms with van der Waals surface area (Å²) >= 11 is 1.66. The van der Waals surface area contributed by atoms with Gasteiger partial charge in [0.1, 0.15) is 0 Å². The van der Waals surface area contributed by atoms with Gasteiger partial charge in [0.25, 0.3) is 0 Å². The summed E-state index contributed by atoms with van der Waals surface area (Å²) in [4.78, 5) is 16.3. The lowest BCUT2D eigenvalue weighted by Gasteiger charge is -2.08. The Morgan fingerprint density at radius 1 is 1.08 bits per heavy atom. The Hall–Kier alpha value is -2.66. The molecule has 4 nitrogen and oxygen atoms in total. The number of aromatic nitrogens is 1. The summed E-state index contributed by atoms with van der Waals surface area (Å²) < 4.78 is 0. The normalized spacial score (nSPS) is 10.4. The fourth-order valence-electron chi connectivity index (χ4n) is 2.36. The number of urea groups is 1. The van der Waals surface area contributed by atoms with Gasteiger partial charge in [0.2, 0.25) is 0 Å². The van der Waals surface area contributed by atoms with Crippen molar-refractivity contribution in [2.75, 3.05) is 11.9 Å². The molecule has 0 saturated heterocycles. The molecular formula is C19H19N3OS. The standard InChI is InChI=1S/C19H19N3OS/c1-14-21-18(13-24-14)16-9-7-15(8-10-16)11-12-20-19(23)22-17-5-3-2-4-6-17/h2-10,13H,11-12H2,1H3,(H2,20,22,23). The molecule has 5 heteroatoms. The van der Waals surface area contributed by atoms with Crippen LogP contribution < -0.4 is 10.6 Å². The molecular weight excluding hydrogens is 318 g/mol. The van der Waals surface area contributed by atoms with E-state index in [0.29, 0.717) is 6.54 Å². The molecule has 0 bridgehead atoms. The molecule has 0 unspecified atom stereocenters. The predicted molar refractivity (Wildman–Crippen MR) is 99.5 cm³/mol.